The van der Waals surface area contributed by atoms with E-state index in [0.29, 0.717) is 10.9 Å². The molecule has 0 aliphatic carbocycles. The Balaban J connectivity index is 2.43. The number of hydrogen-bond acceptors (Lipinski definition) is 3. The minimum Gasteiger partial charge on any atom is -0.493 e. The fourth-order valence-corrected chi connectivity index (χ4v) is 2.54. The van der Waals surface area contributed by atoms with E-state index < -0.39 is 0 Å². The first-order valence-electron chi connectivity index (χ1n) is 6.36. The molecule has 1 aromatic carbocycles. The van der Waals surface area contributed by atoms with Crippen molar-refractivity contribution >= 4 is 11.6 Å². The minimum absolute atomic E-state index is 0.119. The summed E-state index contributed by atoms with van der Waals surface area (Å²) in [6, 6.07) is 3.81. The molecule has 0 radical (unpaired) electrons. The van der Waals surface area contributed by atoms with Gasteiger partial charge in [-0.15, -0.1) is 0 Å². The molecule has 1 aliphatic heterocycles. The summed E-state index contributed by atoms with van der Waals surface area (Å²) in [4.78, 5) is 0. The van der Waals surface area contributed by atoms with Gasteiger partial charge in [0.05, 0.1) is 13.2 Å². The van der Waals surface area contributed by atoms with Gasteiger partial charge in [0, 0.05) is 29.1 Å². The zero-order valence-electron chi connectivity index (χ0n) is 11.1. The second-order valence-corrected chi connectivity index (χ2v) is 5.32. The molecule has 1 heterocycles. The second kappa shape index (κ2) is 5.81. The van der Waals surface area contributed by atoms with Crippen LogP contribution in [0.3, 0.4) is 0 Å². The van der Waals surface area contributed by atoms with E-state index in [2.05, 4.69) is 5.32 Å². The van der Waals surface area contributed by atoms with Gasteiger partial charge >= 0.3 is 0 Å². The fourth-order valence-electron chi connectivity index (χ4n) is 2.33. The maximum Gasteiger partial charge on any atom is 0.165 e. The van der Waals surface area contributed by atoms with Crippen molar-refractivity contribution < 1.29 is 9.47 Å². The van der Waals surface area contributed by atoms with Crippen molar-refractivity contribution in [3.63, 3.8) is 0 Å². The van der Waals surface area contributed by atoms with E-state index in [1.54, 1.807) is 7.11 Å². The summed E-state index contributed by atoms with van der Waals surface area (Å²) in [5.74, 6) is 2.01. The van der Waals surface area contributed by atoms with E-state index in [9.17, 15) is 0 Å². The number of methoxy groups -OCH3 is 1. The molecule has 2 rings (SSSR count). The first-order valence-corrected chi connectivity index (χ1v) is 6.74. The summed E-state index contributed by atoms with van der Waals surface area (Å²) in [6.45, 7) is 6.05. The van der Waals surface area contributed by atoms with Crippen LogP contribution in [0.4, 0.5) is 0 Å². The molecular weight excluding hydrogens is 250 g/mol. The van der Waals surface area contributed by atoms with E-state index in [4.69, 9.17) is 21.1 Å². The lowest BCUT2D eigenvalue weighted by atomic mass is 9.97. The average molecular weight is 270 g/mol. The maximum atomic E-state index is 6.16. The molecule has 1 atom stereocenters. The first-order chi connectivity index (χ1) is 8.61. The molecule has 3 nitrogen and oxygen atoms in total. The lowest BCUT2D eigenvalue weighted by molar-refractivity contribution is 0.226. The Morgan fingerprint density at radius 2 is 2.17 bits per heavy atom. The van der Waals surface area contributed by atoms with E-state index >= 15 is 0 Å². The van der Waals surface area contributed by atoms with Crippen molar-refractivity contribution in [2.45, 2.75) is 32.3 Å². The van der Waals surface area contributed by atoms with E-state index in [-0.39, 0.29) is 6.10 Å². The summed E-state index contributed by atoms with van der Waals surface area (Å²) >= 11 is 6.16. The lowest BCUT2D eigenvalue weighted by Crippen LogP contribution is -2.12. The minimum atomic E-state index is 0.119. The van der Waals surface area contributed by atoms with Crippen molar-refractivity contribution in [3.8, 4) is 11.5 Å². The first kappa shape index (κ1) is 13.5. The van der Waals surface area contributed by atoms with E-state index in [1.807, 2.05) is 26.0 Å². The predicted molar refractivity (Wildman–Crippen MR) is 74.0 cm³/mol. The highest BCUT2D eigenvalue weighted by molar-refractivity contribution is 6.30. The van der Waals surface area contributed by atoms with Gasteiger partial charge in [-0.1, -0.05) is 11.6 Å². The highest BCUT2D eigenvalue weighted by Gasteiger charge is 2.24. The molecule has 4 heteroatoms. The number of benzene rings is 1. The summed E-state index contributed by atoms with van der Waals surface area (Å²) in [7, 11) is 1.65. The van der Waals surface area contributed by atoms with Crippen LogP contribution in [0.15, 0.2) is 12.1 Å². The fraction of sp³-hybridized carbons (Fsp3) is 0.571. The Morgan fingerprint density at radius 3 is 2.72 bits per heavy atom. The summed E-state index contributed by atoms with van der Waals surface area (Å²) in [5, 5.41) is 4.07. The van der Waals surface area contributed by atoms with Gasteiger partial charge in [-0.3, -0.25) is 0 Å². The normalized spacial score (nSPS) is 19.3. The summed E-state index contributed by atoms with van der Waals surface area (Å²) in [6.07, 6.45) is 1.23. The second-order valence-electron chi connectivity index (χ2n) is 4.88. The third-order valence-electron chi connectivity index (χ3n) is 3.12. The predicted octanol–water partition coefficient (Wildman–Crippen LogP) is 3.21. The number of hydrogen-bond donors (Lipinski definition) is 1. The van der Waals surface area contributed by atoms with Gasteiger partial charge in [0.1, 0.15) is 0 Å². The molecule has 1 unspecified atom stereocenters. The van der Waals surface area contributed by atoms with Crippen molar-refractivity contribution in [3.05, 3.63) is 22.7 Å². The largest absolute Gasteiger partial charge is 0.493 e. The Hall–Kier alpha value is -0.930. The SMILES string of the molecule is COc1cc(Cl)cc(C2CCNC2)c1OC(C)C. The van der Waals surface area contributed by atoms with Crippen LogP contribution in [0.2, 0.25) is 5.02 Å². The van der Waals surface area contributed by atoms with Gasteiger partial charge in [0.25, 0.3) is 0 Å². The molecule has 1 aromatic rings. The molecule has 18 heavy (non-hydrogen) atoms. The standard InChI is InChI=1S/C14H20ClNO2/c1-9(2)18-14-12(10-4-5-16-8-10)6-11(15)7-13(14)17-3/h6-7,9-10,16H,4-5,8H2,1-3H3. The molecule has 1 aliphatic rings. The third kappa shape index (κ3) is 2.90. The van der Waals surface area contributed by atoms with E-state index in [0.717, 1.165) is 36.6 Å². The quantitative estimate of drug-likeness (QED) is 0.910. The Bertz CT molecular complexity index is 415. The van der Waals surface area contributed by atoms with Crippen molar-refractivity contribution in [2.24, 2.45) is 0 Å². The van der Waals surface area contributed by atoms with Gasteiger partial charge < -0.3 is 14.8 Å². The number of rotatable bonds is 4. The Labute approximate surface area is 113 Å². The monoisotopic (exact) mass is 269 g/mol. The third-order valence-corrected chi connectivity index (χ3v) is 3.34. The molecular formula is C14H20ClNO2. The van der Waals surface area contributed by atoms with Crippen LogP contribution in [0.1, 0.15) is 31.7 Å². The molecule has 1 saturated heterocycles. The van der Waals surface area contributed by atoms with Crippen molar-refractivity contribution in [1.29, 1.82) is 0 Å². The topological polar surface area (TPSA) is 30.5 Å². The van der Waals surface area contributed by atoms with Crippen LogP contribution < -0.4 is 14.8 Å². The smallest absolute Gasteiger partial charge is 0.165 e. The molecule has 0 amide bonds. The summed E-state index contributed by atoms with van der Waals surface area (Å²) in [5.41, 5.74) is 1.15. The molecule has 0 bridgehead atoms. The van der Waals surface area contributed by atoms with Gasteiger partial charge in [0.2, 0.25) is 0 Å². The van der Waals surface area contributed by atoms with Crippen LogP contribution >= 0.6 is 11.6 Å². The zero-order chi connectivity index (χ0) is 13.1. The van der Waals surface area contributed by atoms with Crippen molar-refractivity contribution in [2.75, 3.05) is 20.2 Å². The van der Waals surface area contributed by atoms with Crippen molar-refractivity contribution in [1.82, 2.24) is 5.32 Å². The Morgan fingerprint density at radius 1 is 1.39 bits per heavy atom. The van der Waals surface area contributed by atoms with Crippen LogP contribution in [-0.4, -0.2) is 26.3 Å². The lowest BCUT2D eigenvalue weighted by Gasteiger charge is -2.20. The highest BCUT2D eigenvalue weighted by atomic mass is 35.5. The molecule has 0 spiro atoms. The van der Waals surface area contributed by atoms with Gasteiger partial charge in [-0.25, -0.2) is 0 Å². The van der Waals surface area contributed by atoms with Crippen LogP contribution in [0.25, 0.3) is 0 Å². The van der Waals surface area contributed by atoms with Gasteiger partial charge in [-0.2, -0.15) is 0 Å². The molecule has 1 fully saturated rings. The molecule has 1 N–H and O–H groups in total. The van der Waals surface area contributed by atoms with Crippen LogP contribution in [0, 0.1) is 0 Å². The zero-order valence-corrected chi connectivity index (χ0v) is 11.9. The van der Waals surface area contributed by atoms with Gasteiger partial charge in [-0.05, 0) is 32.9 Å². The Kier molecular flexibility index (Phi) is 4.36. The highest BCUT2D eigenvalue weighted by Crippen LogP contribution is 2.40. The van der Waals surface area contributed by atoms with E-state index in [1.165, 1.54) is 0 Å². The van der Waals surface area contributed by atoms with Crippen LogP contribution in [-0.2, 0) is 0 Å². The molecule has 0 aromatic heterocycles. The number of halogens is 1. The van der Waals surface area contributed by atoms with Crippen LogP contribution in [0.5, 0.6) is 11.5 Å². The molecule has 100 valence electrons. The number of ether oxygens (including phenoxy) is 2. The number of nitrogens with one attached hydrogen (secondary N) is 1. The average Bonchev–Trinajstić information content (AvgIpc) is 2.83. The van der Waals surface area contributed by atoms with Gasteiger partial charge in [0.15, 0.2) is 11.5 Å². The maximum absolute atomic E-state index is 6.16. The summed E-state index contributed by atoms with van der Waals surface area (Å²) < 4.78 is 11.3. The molecule has 0 saturated carbocycles.